The lowest BCUT2D eigenvalue weighted by atomic mass is 9.54. The zero-order valence-corrected chi connectivity index (χ0v) is 10.7. The molecule has 0 heterocycles. The van der Waals surface area contributed by atoms with Crippen LogP contribution in [-0.2, 0) is 0 Å². The average molecular weight is 226 g/mol. The van der Waals surface area contributed by atoms with Gasteiger partial charge in [-0.05, 0) is 42.4 Å². The van der Waals surface area contributed by atoms with Crippen molar-refractivity contribution in [1.29, 1.82) is 0 Å². The third-order valence-electron chi connectivity index (χ3n) is 5.83. The van der Waals surface area contributed by atoms with E-state index in [1.807, 2.05) is 0 Å². The highest BCUT2D eigenvalue weighted by atomic mass is 16.3. The third kappa shape index (κ3) is 1.62. The van der Waals surface area contributed by atoms with Gasteiger partial charge >= 0.3 is 0 Å². The fraction of sp³-hybridized carbons (Fsp3) is 1.00. The second-order valence-corrected chi connectivity index (χ2v) is 6.37. The Morgan fingerprint density at radius 3 is 2.31 bits per heavy atom. The highest BCUT2D eigenvalue weighted by Crippen LogP contribution is 2.59. The van der Waals surface area contributed by atoms with Crippen LogP contribution >= 0.6 is 0 Å². The zero-order chi connectivity index (χ0) is 11.8. The van der Waals surface area contributed by atoms with E-state index in [-0.39, 0.29) is 16.9 Å². The van der Waals surface area contributed by atoms with Gasteiger partial charge in [-0.2, -0.15) is 0 Å². The normalized spacial score (nSPS) is 49.5. The minimum Gasteiger partial charge on any atom is -0.396 e. The molecule has 0 aliphatic heterocycles. The van der Waals surface area contributed by atoms with Gasteiger partial charge in [-0.3, -0.25) is 0 Å². The van der Waals surface area contributed by atoms with Crippen LogP contribution in [0.1, 0.15) is 58.8 Å². The van der Waals surface area contributed by atoms with Gasteiger partial charge in [0.1, 0.15) is 0 Å². The molecule has 2 heteroatoms. The van der Waals surface area contributed by atoms with Gasteiger partial charge in [-0.1, -0.05) is 33.1 Å². The van der Waals surface area contributed by atoms with Gasteiger partial charge in [-0.25, -0.2) is 0 Å². The van der Waals surface area contributed by atoms with Crippen molar-refractivity contribution < 1.29 is 10.2 Å². The van der Waals surface area contributed by atoms with Gasteiger partial charge in [0.2, 0.25) is 0 Å². The van der Waals surface area contributed by atoms with Gasteiger partial charge in [0.15, 0.2) is 0 Å². The summed E-state index contributed by atoms with van der Waals surface area (Å²) in [6.45, 7) is 4.85. The van der Waals surface area contributed by atoms with Crippen LogP contribution < -0.4 is 0 Å². The molecule has 0 bridgehead atoms. The van der Waals surface area contributed by atoms with Crippen molar-refractivity contribution in [2.24, 2.45) is 16.7 Å². The highest BCUT2D eigenvalue weighted by Gasteiger charge is 2.55. The summed E-state index contributed by atoms with van der Waals surface area (Å²) >= 11 is 0. The molecule has 0 saturated heterocycles. The molecule has 0 aromatic carbocycles. The fourth-order valence-corrected chi connectivity index (χ4v) is 4.26. The largest absolute Gasteiger partial charge is 0.396 e. The Morgan fingerprint density at radius 2 is 1.69 bits per heavy atom. The van der Waals surface area contributed by atoms with E-state index in [4.69, 9.17) is 0 Å². The Bertz CT molecular complexity index is 251. The number of hydrogen-bond donors (Lipinski definition) is 2. The van der Waals surface area contributed by atoms with Crippen molar-refractivity contribution >= 4 is 0 Å². The van der Waals surface area contributed by atoms with Crippen molar-refractivity contribution in [3.05, 3.63) is 0 Å². The van der Waals surface area contributed by atoms with E-state index in [0.717, 1.165) is 25.7 Å². The first kappa shape index (κ1) is 12.4. The molecule has 16 heavy (non-hydrogen) atoms. The molecule has 2 saturated carbocycles. The summed E-state index contributed by atoms with van der Waals surface area (Å²) in [5.41, 5.74) is 0.163. The Balaban J connectivity index is 2.26. The number of aliphatic hydroxyl groups is 2. The van der Waals surface area contributed by atoms with E-state index >= 15 is 0 Å². The van der Waals surface area contributed by atoms with E-state index in [1.54, 1.807) is 0 Å². The Labute approximate surface area is 99.1 Å². The Morgan fingerprint density at radius 1 is 1.00 bits per heavy atom. The van der Waals surface area contributed by atoms with E-state index in [2.05, 4.69) is 13.8 Å². The standard InChI is InChI=1S/C14H26O2/c1-13(9-5-6-11(13)10-15)14(2)8-4-3-7-12(14)16/h11-12,15-16H,3-10H2,1-2H3/t11-,12+,13-,14-/m0/s1. The van der Waals surface area contributed by atoms with E-state index in [1.165, 1.54) is 19.3 Å². The summed E-state index contributed by atoms with van der Waals surface area (Å²) in [6.07, 6.45) is 7.83. The molecule has 0 amide bonds. The summed E-state index contributed by atoms with van der Waals surface area (Å²) in [5, 5.41) is 19.9. The number of aliphatic hydroxyl groups excluding tert-OH is 2. The van der Waals surface area contributed by atoms with Crippen LogP contribution in [0.15, 0.2) is 0 Å². The maximum atomic E-state index is 10.4. The van der Waals surface area contributed by atoms with Gasteiger partial charge in [0.25, 0.3) is 0 Å². The van der Waals surface area contributed by atoms with E-state index in [0.29, 0.717) is 12.5 Å². The molecule has 2 nitrogen and oxygen atoms in total. The minimum absolute atomic E-state index is 0.0230. The second-order valence-electron chi connectivity index (χ2n) is 6.37. The number of rotatable bonds is 2. The molecule has 0 spiro atoms. The van der Waals surface area contributed by atoms with E-state index in [9.17, 15) is 10.2 Å². The molecule has 4 atom stereocenters. The maximum Gasteiger partial charge on any atom is 0.0599 e. The molecule has 2 N–H and O–H groups in total. The van der Waals surface area contributed by atoms with Gasteiger partial charge in [0.05, 0.1) is 6.10 Å². The minimum atomic E-state index is -0.168. The number of hydrogen-bond acceptors (Lipinski definition) is 2. The van der Waals surface area contributed by atoms with Crippen LogP contribution in [0.4, 0.5) is 0 Å². The molecule has 2 aliphatic rings. The summed E-state index contributed by atoms with van der Waals surface area (Å²) in [5.74, 6) is 0.394. The molecule has 2 fully saturated rings. The first-order valence-corrected chi connectivity index (χ1v) is 6.83. The summed E-state index contributed by atoms with van der Waals surface area (Å²) < 4.78 is 0. The smallest absolute Gasteiger partial charge is 0.0599 e. The van der Waals surface area contributed by atoms with Crippen LogP contribution in [0.25, 0.3) is 0 Å². The molecule has 0 unspecified atom stereocenters. The first-order valence-electron chi connectivity index (χ1n) is 6.83. The topological polar surface area (TPSA) is 40.5 Å². The Kier molecular flexibility index (Phi) is 3.33. The van der Waals surface area contributed by atoms with Crippen LogP contribution in [0.2, 0.25) is 0 Å². The molecule has 2 aliphatic carbocycles. The van der Waals surface area contributed by atoms with Gasteiger partial charge < -0.3 is 10.2 Å². The lowest BCUT2D eigenvalue weighted by molar-refractivity contribution is -0.109. The van der Waals surface area contributed by atoms with Gasteiger partial charge in [-0.15, -0.1) is 0 Å². The lowest BCUT2D eigenvalue weighted by Gasteiger charge is -2.52. The fourth-order valence-electron chi connectivity index (χ4n) is 4.26. The molecular formula is C14H26O2. The molecular weight excluding hydrogens is 200 g/mol. The predicted molar refractivity (Wildman–Crippen MR) is 65.1 cm³/mol. The SMILES string of the molecule is C[C@]1([C@@]2(C)CCCC[C@H]2O)CCC[C@H]1CO. The van der Waals surface area contributed by atoms with Crippen LogP contribution in [0, 0.1) is 16.7 Å². The molecule has 0 radical (unpaired) electrons. The molecule has 0 aromatic heterocycles. The van der Waals surface area contributed by atoms with E-state index < -0.39 is 0 Å². The molecule has 0 aromatic rings. The quantitative estimate of drug-likeness (QED) is 0.760. The predicted octanol–water partition coefficient (Wildman–Crippen LogP) is 2.73. The Hall–Kier alpha value is -0.0800. The molecule has 94 valence electrons. The van der Waals surface area contributed by atoms with Crippen LogP contribution in [0.3, 0.4) is 0 Å². The summed E-state index contributed by atoms with van der Waals surface area (Å²) in [6, 6.07) is 0. The maximum absolute atomic E-state index is 10.4. The lowest BCUT2D eigenvalue weighted by Crippen LogP contribution is -2.50. The van der Waals surface area contributed by atoms with Gasteiger partial charge in [0, 0.05) is 6.61 Å². The van der Waals surface area contributed by atoms with Crippen molar-refractivity contribution in [2.45, 2.75) is 64.9 Å². The zero-order valence-electron chi connectivity index (χ0n) is 10.7. The summed E-state index contributed by atoms with van der Waals surface area (Å²) in [7, 11) is 0. The van der Waals surface area contributed by atoms with Crippen molar-refractivity contribution in [1.82, 2.24) is 0 Å². The van der Waals surface area contributed by atoms with Crippen LogP contribution in [0.5, 0.6) is 0 Å². The van der Waals surface area contributed by atoms with Crippen molar-refractivity contribution in [3.63, 3.8) is 0 Å². The third-order valence-corrected chi connectivity index (χ3v) is 5.83. The van der Waals surface area contributed by atoms with Crippen molar-refractivity contribution in [3.8, 4) is 0 Å². The first-order chi connectivity index (χ1) is 7.54. The molecule has 2 rings (SSSR count). The highest BCUT2D eigenvalue weighted by molar-refractivity contribution is 5.04. The monoisotopic (exact) mass is 226 g/mol. The average Bonchev–Trinajstić information content (AvgIpc) is 2.66. The van der Waals surface area contributed by atoms with Crippen LogP contribution in [-0.4, -0.2) is 22.9 Å². The van der Waals surface area contributed by atoms with Crippen molar-refractivity contribution in [2.75, 3.05) is 6.61 Å². The summed E-state index contributed by atoms with van der Waals surface area (Å²) in [4.78, 5) is 0. The second kappa shape index (κ2) is 4.30.